The minimum absolute atomic E-state index is 0.231. The first kappa shape index (κ1) is 12.0. The second kappa shape index (κ2) is 5.32. The van der Waals surface area contributed by atoms with E-state index < -0.39 is 6.10 Å². The Morgan fingerprint density at radius 3 is 3.06 bits per heavy atom. The summed E-state index contributed by atoms with van der Waals surface area (Å²) in [6, 6.07) is 8.00. The highest BCUT2D eigenvalue weighted by molar-refractivity contribution is 7.18. The maximum Gasteiger partial charge on any atom is 0.107 e. The van der Waals surface area contributed by atoms with E-state index in [1.165, 1.54) is 0 Å². The molecule has 0 radical (unpaired) electrons. The molecule has 96 valence electrons. The molecule has 18 heavy (non-hydrogen) atoms. The minimum Gasteiger partial charge on any atom is -0.390 e. The van der Waals surface area contributed by atoms with Crippen LogP contribution in [0, 0.1) is 0 Å². The van der Waals surface area contributed by atoms with Crippen molar-refractivity contribution in [1.29, 1.82) is 0 Å². The van der Waals surface area contributed by atoms with E-state index in [1.54, 1.807) is 11.3 Å². The normalized spacial score (nSPS) is 22.2. The number of hydrogen-bond donors (Lipinski definition) is 1. The summed E-state index contributed by atoms with van der Waals surface area (Å²) < 4.78 is 11.9. The molecule has 0 aliphatic carbocycles. The summed E-state index contributed by atoms with van der Waals surface area (Å²) in [5, 5.41) is 11.1. The molecule has 2 aromatic rings. The van der Waals surface area contributed by atoms with Gasteiger partial charge in [0, 0.05) is 6.42 Å². The van der Waals surface area contributed by atoms with E-state index in [0.717, 1.165) is 15.2 Å². The Balaban J connectivity index is 1.71. The Labute approximate surface area is 109 Å². The molecular formula is C13H15NO3S. The Morgan fingerprint density at radius 1 is 1.39 bits per heavy atom. The highest BCUT2D eigenvalue weighted by Crippen LogP contribution is 2.23. The number of hydrogen-bond acceptors (Lipinski definition) is 5. The van der Waals surface area contributed by atoms with Crippen molar-refractivity contribution in [2.24, 2.45) is 0 Å². The summed E-state index contributed by atoms with van der Waals surface area (Å²) in [5.41, 5.74) is 0.991. The number of aliphatic hydroxyl groups excluding tert-OH is 1. The van der Waals surface area contributed by atoms with E-state index in [1.807, 2.05) is 24.3 Å². The maximum atomic E-state index is 10.1. The molecule has 4 nitrogen and oxygen atoms in total. The van der Waals surface area contributed by atoms with E-state index >= 15 is 0 Å². The molecule has 1 N–H and O–H groups in total. The minimum atomic E-state index is -0.550. The maximum absolute atomic E-state index is 10.1. The van der Waals surface area contributed by atoms with Gasteiger partial charge in [-0.25, -0.2) is 4.98 Å². The molecule has 0 saturated carbocycles. The lowest BCUT2D eigenvalue weighted by Crippen LogP contribution is -2.39. The zero-order chi connectivity index (χ0) is 12.4. The van der Waals surface area contributed by atoms with E-state index in [-0.39, 0.29) is 6.10 Å². The Hall–Kier alpha value is -1.01. The summed E-state index contributed by atoms with van der Waals surface area (Å²) in [5.74, 6) is 0. The molecule has 1 aliphatic rings. The first-order chi connectivity index (χ1) is 8.83. The van der Waals surface area contributed by atoms with E-state index in [4.69, 9.17) is 9.47 Å². The number of thiazole rings is 1. The van der Waals surface area contributed by atoms with Gasteiger partial charge < -0.3 is 14.6 Å². The smallest absolute Gasteiger partial charge is 0.107 e. The molecule has 1 aromatic heterocycles. The van der Waals surface area contributed by atoms with Gasteiger partial charge in [-0.05, 0) is 12.1 Å². The van der Waals surface area contributed by atoms with Crippen molar-refractivity contribution in [3.63, 3.8) is 0 Å². The molecule has 0 amide bonds. The lowest BCUT2D eigenvalue weighted by molar-refractivity contribution is -0.131. The second-order valence-corrected chi connectivity index (χ2v) is 5.45. The van der Waals surface area contributed by atoms with Crippen LogP contribution in [0.25, 0.3) is 10.2 Å². The molecule has 1 saturated heterocycles. The number of para-hydroxylation sites is 1. The lowest BCUT2D eigenvalue weighted by atomic mass is 10.1. The van der Waals surface area contributed by atoms with Crippen LogP contribution in [0.5, 0.6) is 0 Å². The van der Waals surface area contributed by atoms with Crippen molar-refractivity contribution in [3.05, 3.63) is 29.3 Å². The lowest BCUT2D eigenvalue weighted by Gasteiger charge is -2.26. The van der Waals surface area contributed by atoms with Crippen LogP contribution in [-0.4, -0.2) is 42.1 Å². The van der Waals surface area contributed by atoms with Gasteiger partial charge in [0.1, 0.15) is 6.10 Å². The average Bonchev–Trinajstić information content (AvgIpc) is 2.82. The number of benzene rings is 1. The van der Waals surface area contributed by atoms with Gasteiger partial charge in [-0.3, -0.25) is 0 Å². The second-order valence-electron chi connectivity index (χ2n) is 4.33. The number of aromatic nitrogens is 1. The topological polar surface area (TPSA) is 51.6 Å². The van der Waals surface area contributed by atoms with Gasteiger partial charge in [-0.1, -0.05) is 12.1 Å². The number of fused-ring (bicyclic) bond motifs is 1. The molecule has 1 aromatic carbocycles. The molecule has 2 unspecified atom stereocenters. The highest BCUT2D eigenvalue weighted by atomic mass is 32.1. The summed E-state index contributed by atoms with van der Waals surface area (Å²) in [6.45, 7) is 1.64. The predicted molar refractivity (Wildman–Crippen MR) is 69.9 cm³/mol. The number of ether oxygens (including phenoxy) is 2. The average molecular weight is 265 g/mol. The van der Waals surface area contributed by atoms with Gasteiger partial charge in [0.05, 0.1) is 41.1 Å². The van der Waals surface area contributed by atoms with Crippen molar-refractivity contribution >= 4 is 21.6 Å². The summed E-state index contributed by atoms with van der Waals surface area (Å²) in [4.78, 5) is 4.51. The third-order valence-electron chi connectivity index (χ3n) is 2.99. The summed E-state index contributed by atoms with van der Waals surface area (Å²) in [7, 11) is 0. The molecule has 1 fully saturated rings. The van der Waals surface area contributed by atoms with Gasteiger partial charge in [0.2, 0.25) is 0 Å². The van der Waals surface area contributed by atoms with Gasteiger partial charge >= 0.3 is 0 Å². The number of aliphatic hydroxyl groups is 1. The molecular weight excluding hydrogens is 250 g/mol. The Bertz CT molecular complexity index is 489. The van der Waals surface area contributed by atoms with Crippen molar-refractivity contribution in [2.45, 2.75) is 18.6 Å². The first-order valence-corrected chi connectivity index (χ1v) is 6.86. The van der Waals surface area contributed by atoms with Crippen LogP contribution >= 0.6 is 11.3 Å². The largest absolute Gasteiger partial charge is 0.390 e. The molecule has 0 spiro atoms. The van der Waals surface area contributed by atoms with Gasteiger partial charge in [-0.2, -0.15) is 0 Å². The van der Waals surface area contributed by atoms with E-state index in [0.29, 0.717) is 26.2 Å². The van der Waals surface area contributed by atoms with Crippen molar-refractivity contribution < 1.29 is 14.6 Å². The molecule has 3 rings (SSSR count). The molecule has 2 heterocycles. The van der Waals surface area contributed by atoms with Crippen LogP contribution in [0.3, 0.4) is 0 Å². The number of nitrogens with zero attached hydrogens (tertiary/aromatic N) is 1. The van der Waals surface area contributed by atoms with Crippen LogP contribution in [-0.2, 0) is 15.9 Å². The van der Waals surface area contributed by atoms with Crippen LogP contribution < -0.4 is 0 Å². The Morgan fingerprint density at radius 2 is 2.28 bits per heavy atom. The fourth-order valence-corrected chi connectivity index (χ4v) is 3.06. The summed E-state index contributed by atoms with van der Waals surface area (Å²) in [6.07, 6.45) is -0.260. The third-order valence-corrected chi connectivity index (χ3v) is 4.05. The molecule has 1 aliphatic heterocycles. The molecule has 2 atom stereocenters. The third kappa shape index (κ3) is 2.54. The van der Waals surface area contributed by atoms with Gasteiger partial charge in [0.15, 0.2) is 0 Å². The zero-order valence-corrected chi connectivity index (χ0v) is 10.7. The zero-order valence-electron chi connectivity index (χ0n) is 9.91. The fourth-order valence-electron chi connectivity index (χ4n) is 2.05. The SMILES string of the molecule is OC(Cc1nc2ccccc2s1)C1COCCO1. The monoisotopic (exact) mass is 265 g/mol. The predicted octanol–water partition coefficient (Wildman–Crippen LogP) is 1.62. The van der Waals surface area contributed by atoms with Crippen molar-refractivity contribution in [3.8, 4) is 0 Å². The van der Waals surface area contributed by atoms with Gasteiger partial charge in [0.25, 0.3) is 0 Å². The van der Waals surface area contributed by atoms with E-state index in [9.17, 15) is 5.11 Å². The van der Waals surface area contributed by atoms with Crippen molar-refractivity contribution in [2.75, 3.05) is 19.8 Å². The van der Waals surface area contributed by atoms with Crippen LogP contribution in [0.4, 0.5) is 0 Å². The van der Waals surface area contributed by atoms with Gasteiger partial charge in [-0.15, -0.1) is 11.3 Å². The van der Waals surface area contributed by atoms with E-state index in [2.05, 4.69) is 4.98 Å². The molecule has 0 bridgehead atoms. The van der Waals surface area contributed by atoms with Crippen LogP contribution in [0.1, 0.15) is 5.01 Å². The Kier molecular flexibility index (Phi) is 3.56. The molecule has 5 heteroatoms. The van der Waals surface area contributed by atoms with Crippen LogP contribution in [0.15, 0.2) is 24.3 Å². The fraction of sp³-hybridized carbons (Fsp3) is 0.462. The summed E-state index contributed by atoms with van der Waals surface area (Å²) >= 11 is 1.62. The standard InChI is InChI=1S/C13H15NO3S/c15-10(11-8-16-5-6-17-11)7-13-14-9-3-1-2-4-12(9)18-13/h1-4,10-11,15H,5-8H2. The van der Waals surface area contributed by atoms with Crippen molar-refractivity contribution in [1.82, 2.24) is 4.98 Å². The first-order valence-electron chi connectivity index (χ1n) is 6.05. The quantitative estimate of drug-likeness (QED) is 0.916. The number of rotatable bonds is 3. The van der Waals surface area contributed by atoms with Crippen LogP contribution in [0.2, 0.25) is 0 Å². The highest BCUT2D eigenvalue weighted by Gasteiger charge is 2.24.